The van der Waals surface area contributed by atoms with E-state index in [1.54, 1.807) is 23.9 Å². The van der Waals surface area contributed by atoms with Crippen LogP contribution >= 0.6 is 11.8 Å². The summed E-state index contributed by atoms with van der Waals surface area (Å²) in [5.41, 5.74) is 0. The summed E-state index contributed by atoms with van der Waals surface area (Å²) in [5.74, 6) is 0.896. The maximum Gasteiger partial charge on any atom is 0.325 e. The molecule has 0 aliphatic carbocycles. The number of carbonyl (C=O) groups excluding carboxylic acids is 1. The van der Waals surface area contributed by atoms with Crippen molar-refractivity contribution in [2.75, 3.05) is 26.0 Å². The number of rotatable bonds is 7. The Balaban J connectivity index is 2.32. The molecule has 0 radical (unpaired) electrons. The SMILES string of the molecule is CCCCOc1ccc(S(=O)(=O)N2CCCSC(C)(C)[C@@H]2C(=O)OC)cc1. The number of hydrogen-bond donors (Lipinski definition) is 0. The zero-order chi connectivity index (χ0) is 20.1. The molecule has 27 heavy (non-hydrogen) atoms. The summed E-state index contributed by atoms with van der Waals surface area (Å²) in [6, 6.07) is 5.52. The molecule has 0 spiro atoms. The van der Waals surface area contributed by atoms with E-state index in [1.165, 1.54) is 23.5 Å². The highest BCUT2D eigenvalue weighted by Gasteiger charge is 2.47. The lowest BCUT2D eigenvalue weighted by molar-refractivity contribution is -0.146. The highest BCUT2D eigenvalue weighted by Crippen LogP contribution is 2.38. The molecule has 1 heterocycles. The first-order valence-electron chi connectivity index (χ1n) is 9.20. The number of ether oxygens (including phenoxy) is 2. The van der Waals surface area contributed by atoms with Gasteiger partial charge in [0.05, 0.1) is 18.6 Å². The molecular weight excluding hydrogens is 386 g/mol. The predicted octanol–water partition coefficient (Wildman–Crippen LogP) is 3.31. The number of carbonyl (C=O) groups is 1. The molecule has 1 aromatic carbocycles. The van der Waals surface area contributed by atoms with Crippen LogP contribution in [0, 0.1) is 0 Å². The smallest absolute Gasteiger partial charge is 0.325 e. The second-order valence-corrected chi connectivity index (χ2v) is 10.7. The van der Waals surface area contributed by atoms with Crippen molar-refractivity contribution in [3.63, 3.8) is 0 Å². The molecule has 0 amide bonds. The summed E-state index contributed by atoms with van der Waals surface area (Å²) >= 11 is 1.59. The van der Waals surface area contributed by atoms with Gasteiger partial charge in [-0.25, -0.2) is 8.42 Å². The maximum atomic E-state index is 13.3. The third-order valence-electron chi connectivity index (χ3n) is 4.56. The predicted molar refractivity (Wildman–Crippen MR) is 108 cm³/mol. The van der Waals surface area contributed by atoms with Gasteiger partial charge >= 0.3 is 5.97 Å². The Labute approximate surface area is 166 Å². The van der Waals surface area contributed by atoms with Crippen molar-refractivity contribution in [2.45, 2.75) is 55.7 Å². The van der Waals surface area contributed by atoms with Crippen LogP contribution in [0.3, 0.4) is 0 Å². The van der Waals surface area contributed by atoms with Gasteiger partial charge in [0, 0.05) is 11.3 Å². The van der Waals surface area contributed by atoms with E-state index in [-0.39, 0.29) is 11.4 Å². The summed E-state index contributed by atoms with van der Waals surface area (Å²) < 4.78 is 37.9. The van der Waals surface area contributed by atoms with Gasteiger partial charge in [-0.05, 0) is 56.7 Å². The number of methoxy groups -OCH3 is 1. The van der Waals surface area contributed by atoms with Crippen LogP contribution in [0.4, 0.5) is 0 Å². The maximum absolute atomic E-state index is 13.3. The highest BCUT2D eigenvalue weighted by atomic mass is 32.2. The lowest BCUT2D eigenvalue weighted by atomic mass is 10.0. The molecule has 0 saturated carbocycles. The zero-order valence-corrected chi connectivity index (χ0v) is 18.1. The van der Waals surface area contributed by atoms with Gasteiger partial charge in [0.1, 0.15) is 11.8 Å². The molecule has 0 aromatic heterocycles. The van der Waals surface area contributed by atoms with Gasteiger partial charge in [0.25, 0.3) is 0 Å². The monoisotopic (exact) mass is 415 g/mol. The van der Waals surface area contributed by atoms with Crippen LogP contribution in [0.15, 0.2) is 29.2 Å². The lowest BCUT2D eigenvalue weighted by Crippen LogP contribution is -2.54. The molecular formula is C19H29NO5S2. The molecule has 1 aliphatic rings. The van der Waals surface area contributed by atoms with Crippen molar-refractivity contribution >= 4 is 27.8 Å². The molecule has 1 aromatic rings. The fourth-order valence-corrected chi connectivity index (χ4v) is 6.05. The van der Waals surface area contributed by atoms with Crippen LogP contribution in [0.25, 0.3) is 0 Å². The Morgan fingerprint density at radius 2 is 1.96 bits per heavy atom. The average Bonchev–Trinajstić information content (AvgIpc) is 2.80. The molecule has 2 rings (SSSR count). The fraction of sp³-hybridized carbons (Fsp3) is 0.632. The van der Waals surface area contributed by atoms with E-state index >= 15 is 0 Å². The van der Waals surface area contributed by atoms with Crippen molar-refractivity contribution in [1.82, 2.24) is 4.31 Å². The number of sulfonamides is 1. The summed E-state index contributed by atoms with van der Waals surface area (Å²) in [7, 11) is -2.55. The molecule has 1 saturated heterocycles. The summed E-state index contributed by atoms with van der Waals surface area (Å²) in [6.45, 7) is 6.74. The van der Waals surface area contributed by atoms with Crippen LogP contribution in [0.5, 0.6) is 5.75 Å². The van der Waals surface area contributed by atoms with Crippen molar-refractivity contribution in [1.29, 1.82) is 0 Å². The molecule has 0 bridgehead atoms. The van der Waals surface area contributed by atoms with Gasteiger partial charge in [-0.3, -0.25) is 4.79 Å². The van der Waals surface area contributed by atoms with E-state index in [4.69, 9.17) is 9.47 Å². The van der Waals surface area contributed by atoms with Gasteiger partial charge in [0.15, 0.2) is 0 Å². The van der Waals surface area contributed by atoms with Crippen molar-refractivity contribution < 1.29 is 22.7 Å². The normalized spacial score (nSPS) is 20.7. The third kappa shape index (κ3) is 5.18. The topological polar surface area (TPSA) is 72.9 Å². The van der Waals surface area contributed by atoms with E-state index in [2.05, 4.69) is 6.92 Å². The minimum atomic E-state index is -3.84. The molecule has 6 nitrogen and oxygen atoms in total. The minimum Gasteiger partial charge on any atom is -0.494 e. The van der Waals surface area contributed by atoms with Crippen LogP contribution in [-0.2, 0) is 19.6 Å². The molecule has 0 unspecified atom stereocenters. The minimum absolute atomic E-state index is 0.155. The first-order chi connectivity index (χ1) is 12.7. The first-order valence-corrected chi connectivity index (χ1v) is 11.6. The summed E-state index contributed by atoms with van der Waals surface area (Å²) in [5, 5.41) is 0. The Hall–Kier alpha value is -1.25. The highest BCUT2D eigenvalue weighted by molar-refractivity contribution is 8.00. The average molecular weight is 416 g/mol. The van der Waals surface area contributed by atoms with E-state index in [0.717, 1.165) is 18.6 Å². The lowest BCUT2D eigenvalue weighted by Gasteiger charge is -2.36. The van der Waals surface area contributed by atoms with Crippen LogP contribution in [0.1, 0.15) is 40.0 Å². The molecule has 1 fully saturated rings. The van der Waals surface area contributed by atoms with Crippen molar-refractivity contribution in [3.8, 4) is 5.75 Å². The number of thioether (sulfide) groups is 1. The number of benzene rings is 1. The van der Waals surface area contributed by atoms with Crippen LogP contribution < -0.4 is 4.74 Å². The largest absolute Gasteiger partial charge is 0.494 e. The van der Waals surface area contributed by atoms with Crippen molar-refractivity contribution in [3.05, 3.63) is 24.3 Å². The van der Waals surface area contributed by atoms with E-state index in [1.807, 2.05) is 13.8 Å². The fourth-order valence-electron chi connectivity index (χ4n) is 3.06. The summed E-state index contributed by atoms with van der Waals surface area (Å²) in [4.78, 5) is 12.6. The third-order valence-corrected chi connectivity index (χ3v) is 7.90. The van der Waals surface area contributed by atoms with Gasteiger partial charge in [0.2, 0.25) is 10.0 Å². The Bertz CT molecular complexity index is 731. The van der Waals surface area contributed by atoms with E-state index < -0.39 is 26.8 Å². The van der Waals surface area contributed by atoms with E-state index in [0.29, 0.717) is 18.8 Å². The Morgan fingerprint density at radius 1 is 1.30 bits per heavy atom. The molecule has 0 N–H and O–H groups in total. The van der Waals surface area contributed by atoms with Crippen LogP contribution in [0.2, 0.25) is 0 Å². The van der Waals surface area contributed by atoms with Gasteiger partial charge < -0.3 is 9.47 Å². The number of esters is 1. The number of nitrogens with zero attached hydrogens (tertiary/aromatic N) is 1. The summed E-state index contributed by atoms with van der Waals surface area (Å²) in [6.07, 6.45) is 2.66. The number of unbranched alkanes of at least 4 members (excludes halogenated alkanes) is 1. The quantitative estimate of drug-likeness (QED) is 0.502. The Kier molecular flexibility index (Phi) is 7.59. The van der Waals surface area contributed by atoms with Crippen molar-refractivity contribution in [2.24, 2.45) is 0 Å². The molecule has 8 heteroatoms. The standard InChI is InChI=1S/C19H29NO5S2/c1-5-6-13-25-15-8-10-16(11-9-15)27(22,23)20-12-7-14-26-19(2,3)17(20)18(21)24-4/h8-11,17H,5-7,12-14H2,1-4H3/t17-/m0/s1. The first kappa shape index (κ1) is 22.0. The molecule has 1 atom stereocenters. The Morgan fingerprint density at radius 3 is 2.56 bits per heavy atom. The second kappa shape index (κ2) is 9.30. The number of hydrogen-bond acceptors (Lipinski definition) is 6. The van der Waals surface area contributed by atoms with Crippen LogP contribution in [-0.4, -0.2) is 55.5 Å². The van der Waals surface area contributed by atoms with Gasteiger partial charge in [-0.15, -0.1) is 0 Å². The van der Waals surface area contributed by atoms with Gasteiger partial charge in [-0.2, -0.15) is 16.1 Å². The van der Waals surface area contributed by atoms with E-state index in [9.17, 15) is 13.2 Å². The molecule has 1 aliphatic heterocycles. The second-order valence-electron chi connectivity index (χ2n) is 7.02. The van der Waals surface area contributed by atoms with Gasteiger partial charge in [-0.1, -0.05) is 13.3 Å². The molecule has 152 valence electrons. The zero-order valence-electron chi connectivity index (χ0n) is 16.4.